The fourth-order valence-electron chi connectivity index (χ4n) is 9.44. The van der Waals surface area contributed by atoms with Gasteiger partial charge in [-0.3, -0.25) is 23.9 Å². The lowest BCUT2D eigenvalue weighted by molar-refractivity contribution is -0.142. The molecule has 9 rings (SSSR count). The number of carbonyl (C=O) groups is 4. The molecule has 4 aliphatic heterocycles. The van der Waals surface area contributed by atoms with Gasteiger partial charge in [-0.2, -0.15) is 5.10 Å². The Balaban J connectivity index is 1.01. The lowest BCUT2D eigenvalue weighted by atomic mass is 9.85. The number of alkyl halides is 2. The third kappa shape index (κ3) is 8.34. The zero-order valence-electron chi connectivity index (χ0n) is 36.5. The number of anilines is 2. The number of benzene rings is 2. The highest BCUT2D eigenvalue weighted by Gasteiger charge is 2.45. The molecule has 4 aromatic rings. The van der Waals surface area contributed by atoms with Crippen molar-refractivity contribution in [1.82, 2.24) is 45.4 Å². The van der Waals surface area contributed by atoms with Crippen LogP contribution in [0.25, 0.3) is 22.2 Å². The second kappa shape index (κ2) is 17.3. The maximum Gasteiger partial charge on any atom is 0.291 e. The number of hydrogen-bond acceptors (Lipinski definition) is 12. The number of amides is 4. The van der Waals surface area contributed by atoms with Gasteiger partial charge < -0.3 is 39.9 Å². The van der Waals surface area contributed by atoms with Gasteiger partial charge in [0.1, 0.15) is 30.0 Å². The Bertz CT molecular complexity index is 2480. The first kappa shape index (κ1) is 43.4. The number of aliphatic hydroxyl groups excluding tert-OH is 1. The molecule has 0 radical (unpaired) electrons. The highest BCUT2D eigenvalue weighted by atomic mass is 19.3. The van der Waals surface area contributed by atoms with E-state index in [-0.39, 0.29) is 65.9 Å². The smallest absolute Gasteiger partial charge is 0.291 e. The van der Waals surface area contributed by atoms with Crippen molar-refractivity contribution < 1.29 is 42.5 Å². The van der Waals surface area contributed by atoms with Crippen molar-refractivity contribution in [3.8, 4) is 16.9 Å². The van der Waals surface area contributed by atoms with Gasteiger partial charge in [0.15, 0.2) is 5.82 Å². The molecular formula is C45H54F2N10O7. The van der Waals surface area contributed by atoms with Crippen LogP contribution in [0.3, 0.4) is 0 Å². The van der Waals surface area contributed by atoms with E-state index in [4.69, 9.17) is 14.6 Å². The van der Waals surface area contributed by atoms with Crippen molar-refractivity contribution in [1.29, 1.82) is 0 Å². The summed E-state index contributed by atoms with van der Waals surface area (Å²) in [6.07, 6.45) is 1.25. The van der Waals surface area contributed by atoms with Crippen molar-refractivity contribution >= 4 is 46.2 Å². The number of β-amino-alcohol motifs (C(OH)–C–C–N with tert-alkyl or cyclic N) is 1. The highest BCUT2D eigenvalue weighted by Crippen LogP contribution is 2.46. The summed E-state index contributed by atoms with van der Waals surface area (Å²) in [6, 6.07) is 5.94. The molecule has 17 nitrogen and oxygen atoms in total. The van der Waals surface area contributed by atoms with Crippen LogP contribution in [0.4, 0.5) is 20.3 Å². The van der Waals surface area contributed by atoms with E-state index in [9.17, 15) is 24.3 Å². The average molecular weight is 885 g/mol. The van der Waals surface area contributed by atoms with Crippen molar-refractivity contribution in [2.24, 2.45) is 5.41 Å². The van der Waals surface area contributed by atoms with Gasteiger partial charge in [0.05, 0.1) is 36.4 Å². The second-order valence-electron chi connectivity index (χ2n) is 18.6. The van der Waals surface area contributed by atoms with Gasteiger partial charge in [-0.15, -0.1) is 10.2 Å². The van der Waals surface area contributed by atoms with Crippen LogP contribution in [0.2, 0.25) is 0 Å². The van der Waals surface area contributed by atoms with Crippen LogP contribution in [0.1, 0.15) is 106 Å². The molecular weight excluding hydrogens is 831 g/mol. The van der Waals surface area contributed by atoms with Crippen LogP contribution in [0.15, 0.2) is 30.3 Å². The molecule has 2 aromatic carbocycles. The highest BCUT2D eigenvalue weighted by molar-refractivity contribution is 5.98. The number of likely N-dealkylation sites (tertiary alicyclic amines) is 1. The summed E-state index contributed by atoms with van der Waals surface area (Å²) in [7, 11) is 0. The number of carbonyl (C=O) groups excluding carboxylic acids is 4. The van der Waals surface area contributed by atoms with E-state index in [1.165, 1.54) is 11.0 Å². The standard InChI is InChI=1S/C45H54F2N10O7/c1-24(58)54-13-10-34-31(23-54)41(53-57(34)27-11-15-63-16-12-27)55-14-17-64-37-21-29(30(39(46)47)20-35(37)55)25-8-9-32-33(18-25)49-40(52-51-32)43(61)50-38(45(2,3)4)44(62)56-22-28(59)19-36(56)42(60)48-26-6-5-7-26/h8-9,18,20-21,26-28,36,38-39,59H,5-7,10-17,19,22-23H2,1-4H3,(H,48,60)(H,50,61)/t28-,36+,38-/m1/s1. The number of rotatable bonds is 9. The van der Waals surface area contributed by atoms with E-state index in [1.54, 1.807) is 56.9 Å². The largest absolute Gasteiger partial charge is 0.490 e. The molecule has 3 N–H and O–H groups in total. The third-order valence-corrected chi connectivity index (χ3v) is 13.2. The Morgan fingerprint density at radius 1 is 0.969 bits per heavy atom. The van der Waals surface area contributed by atoms with Gasteiger partial charge in [0.2, 0.25) is 23.5 Å². The zero-order chi connectivity index (χ0) is 45.0. The lowest BCUT2D eigenvalue weighted by Gasteiger charge is -2.36. The Labute approximate surface area is 368 Å². The second-order valence-corrected chi connectivity index (χ2v) is 18.6. The number of halogens is 2. The Hall–Kier alpha value is -5.82. The molecule has 1 saturated carbocycles. The van der Waals surface area contributed by atoms with Crippen LogP contribution < -0.4 is 20.3 Å². The molecule has 3 fully saturated rings. The summed E-state index contributed by atoms with van der Waals surface area (Å²) in [5.41, 5.74) is 2.36. The summed E-state index contributed by atoms with van der Waals surface area (Å²) >= 11 is 0. The monoisotopic (exact) mass is 884 g/mol. The molecule has 1 aliphatic carbocycles. The quantitative estimate of drug-likeness (QED) is 0.215. The first-order chi connectivity index (χ1) is 30.6. The number of hydrogen-bond donors (Lipinski definition) is 3. The van der Waals surface area contributed by atoms with E-state index in [0.29, 0.717) is 67.6 Å². The van der Waals surface area contributed by atoms with Crippen LogP contribution >= 0.6 is 0 Å². The molecule has 2 saturated heterocycles. The minimum absolute atomic E-state index is 0.0442. The van der Waals surface area contributed by atoms with Gasteiger partial charge in [0.25, 0.3) is 12.3 Å². The summed E-state index contributed by atoms with van der Waals surface area (Å²) < 4.78 is 44.3. The average Bonchev–Trinajstić information content (AvgIpc) is 3.85. The third-order valence-electron chi connectivity index (χ3n) is 13.2. The zero-order valence-corrected chi connectivity index (χ0v) is 36.5. The first-order valence-electron chi connectivity index (χ1n) is 22.2. The summed E-state index contributed by atoms with van der Waals surface area (Å²) in [5.74, 6) is -1.06. The van der Waals surface area contributed by atoms with E-state index in [2.05, 4.69) is 30.5 Å². The Morgan fingerprint density at radius 3 is 2.45 bits per heavy atom. The summed E-state index contributed by atoms with van der Waals surface area (Å²) in [5, 5.41) is 29.6. The SMILES string of the molecule is CC(=O)N1CCc2c(c(N3CCOc4cc(-c5ccc6nnc(C(=O)N[C@H](C(=O)N7C[C@H](O)C[C@H]7C(=O)NC7CCC7)C(C)(C)C)nc6c5)c(C(F)F)cc43)nn2C2CCOCC2)C1. The Kier molecular flexibility index (Phi) is 11.7. The summed E-state index contributed by atoms with van der Waals surface area (Å²) in [4.78, 5) is 63.2. The number of fused-ring (bicyclic) bond motifs is 3. The predicted octanol–water partition coefficient (Wildman–Crippen LogP) is 4.39. The molecule has 4 amide bonds. The van der Waals surface area contributed by atoms with Crippen LogP contribution in [0, 0.1) is 5.41 Å². The number of aliphatic hydroxyl groups is 1. The number of nitrogens with zero attached hydrogens (tertiary/aromatic N) is 8. The minimum atomic E-state index is -2.89. The van der Waals surface area contributed by atoms with Crippen molar-refractivity contribution in [3.05, 3.63) is 53.0 Å². The molecule has 0 spiro atoms. The van der Waals surface area contributed by atoms with Gasteiger partial charge in [0, 0.05) is 68.9 Å². The molecule has 5 aliphatic rings. The molecule has 19 heteroatoms. The lowest BCUT2D eigenvalue weighted by Crippen LogP contribution is -2.58. The topological polar surface area (TPSA) is 197 Å². The minimum Gasteiger partial charge on any atom is -0.490 e. The maximum absolute atomic E-state index is 15.2. The summed E-state index contributed by atoms with van der Waals surface area (Å²) in [6.45, 7) is 9.58. The van der Waals surface area contributed by atoms with E-state index in [1.807, 2.05) is 4.90 Å². The number of nitrogens with one attached hydrogen (secondary N) is 2. The fourth-order valence-corrected chi connectivity index (χ4v) is 9.44. The van der Waals surface area contributed by atoms with E-state index >= 15 is 8.78 Å². The molecule has 6 heterocycles. The first-order valence-corrected chi connectivity index (χ1v) is 22.2. The van der Waals surface area contributed by atoms with Crippen LogP contribution in [-0.4, -0.2) is 127 Å². The van der Waals surface area contributed by atoms with Gasteiger partial charge >= 0.3 is 0 Å². The molecule has 0 bridgehead atoms. The molecule has 64 heavy (non-hydrogen) atoms. The molecule has 2 aromatic heterocycles. The van der Waals surface area contributed by atoms with Gasteiger partial charge in [-0.25, -0.2) is 13.8 Å². The van der Waals surface area contributed by atoms with Gasteiger partial charge in [-0.05, 0) is 72.9 Å². The van der Waals surface area contributed by atoms with E-state index in [0.717, 1.165) is 43.4 Å². The molecule has 340 valence electrons. The van der Waals surface area contributed by atoms with Crippen molar-refractivity contribution in [2.75, 3.05) is 44.4 Å². The van der Waals surface area contributed by atoms with Gasteiger partial charge in [-0.1, -0.05) is 26.8 Å². The van der Waals surface area contributed by atoms with Crippen LogP contribution in [-0.2, 0) is 32.1 Å². The van der Waals surface area contributed by atoms with Crippen molar-refractivity contribution in [3.63, 3.8) is 0 Å². The molecule has 3 atom stereocenters. The maximum atomic E-state index is 15.2. The Morgan fingerprint density at radius 2 is 1.75 bits per heavy atom. The normalized spacial score (nSPS) is 21.0. The number of ether oxygens (including phenoxy) is 2. The van der Waals surface area contributed by atoms with E-state index < -0.39 is 41.8 Å². The number of aromatic nitrogens is 5. The fraction of sp³-hybridized carbons (Fsp3) is 0.556. The van der Waals surface area contributed by atoms with Crippen molar-refractivity contribution in [2.45, 2.75) is 116 Å². The predicted molar refractivity (Wildman–Crippen MR) is 229 cm³/mol. The molecule has 0 unspecified atom stereocenters. The van der Waals surface area contributed by atoms with Crippen LogP contribution in [0.5, 0.6) is 5.75 Å².